The van der Waals surface area contributed by atoms with Crippen LogP contribution in [0.2, 0.25) is 0 Å². The van der Waals surface area contributed by atoms with Crippen LogP contribution in [0, 0.1) is 12.3 Å². The van der Waals surface area contributed by atoms with E-state index in [0.717, 1.165) is 0 Å². The summed E-state index contributed by atoms with van der Waals surface area (Å²) < 4.78 is 28.3. The molecule has 0 radical (unpaired) electrons. The van der Waals surface area contributed by atoms with Crippen molar-refractivity contribution in [2.45, 2.75) is 39.0 Å². The number of rotatable bonds is 4. The smallest absolute Gasteiger partial charge is 0.241 e. The highest BCUT2D eigenvalue weighted by molar-refractivity contribution is 7.89. The van der Waals surface area contributed by atoms with Crippen molar-refractivity contribution in [3.05, 3.63) is 17.7 Å². The fourth-order valence-corrected chi connectivity index (χ4v) is 2.73. The van der Waals surface area contributed by atoms with Crippen molar-refractivity contribution < 1.29 is 17.9 Å². The Morgan fingerprint density at radius 1 is 1.33 bits per heavy atom. The number of carbonyl (C=O) groups is 1. The molecule has 1 rings (SSSR count). The van der Waals surface area contributed by atoms with E-state index in [1.165, 1.54) is 13.2 Å². The van der Waals surface area contributed by atoms with E-state index in [0.29, 0.717) is 17.7 Å². The molecule has 21 heavy (non-hydrogen) atoms. The highest BCUT2D eigenvalue weighted by atomic mass is 32.2. The molecule has 0 atom stereocenters. The first-order chi connectivity index (χ1) is 9.44. The Hall–Kier alpha value is -1.60. The van der Waals surface area contributed by atoms with Gasteiger partial charge in [0.25, 0.3) is 0 Å². The van der Waals surface area contributed by atoms with Crippen LogP contribution in [0.4, 0.5) is 5.69 Å². The second kappa shape index (κ2) is 6.03. The molecule has 6 nitrogen and oxygen atoms in total. The predicted octanol–water partition coefficient (Wildman–Crippen LogP) is 2.03. The third-order valence-electron chi connectivity index (χ3n) is 2.67. The van der Waals surface area contributed by atoms with Crippen LogP contribution in [0.5, 0.6) is 5.75 Å². The van der Waals surface area contributed by atoms with Crippen molar-refractivity contribution in [2.24, 2.45) is 10.6 Å². The van der Waals surface area contributed by atoms with Crippen LogP contribution in [0.1, 0.15) is 32.8 Å². The zero-order chi connectivity index (χ0) is 16.4. The van der Waals surface area contributed by atoms with E-state index < -0.39 is 10.0 Å². The molecule has 0 heterocycles. The molecule has 1 aromatic rings. The van der Waals surface area contributed by atoms with Crippen molar-refractivity contribution in [3.63, 3.8) is 0 Å². The lowest BCUT2D eigenvalue weighted by molar-refractivity contribution is -0.117. The summed E-state index contributed by atoms with van der Waals surface area (Å²) in [5.74, 6) is -0.169. The molecule has 0 aliphatic carbocycles. The van der Waals surface area contributed by atoms with E-state index >= 15 is 0 Å². The number of hydrogen-bond donors (Lipinski definition) is 2. The van der Waals surface area contributed by atoms with Crippen LogP contribution in [0.15, 0.2) is 17.0 Å². The highest BCUT2D eigenvalue weighted by Crippen LogP contribution is 2.33. The van der Waals surface area contributed by atoms with Gasteiger partial charge in [-0.25, -0.2) is 13.6 Å². The van der Waals surface area contributed by atoms with Gasteiger partial charge in [0.15, 0.2) is 5.75 Å². The number of methoxy groups -OCH3 is 1. The van der Waals surface area contributed by atoms with Gasteiger partial charge in [0.05, 0.1) is 12.8 Å². The van der Waals surface area contributed by atoms with Crippen LogP contribution in [-0.4, -0.2) is 21.4 Å². The van der Waals surface area contributed by atoms with Gasteiger partial charge in [-0.1, -0.05) is 20.8 Å². The second-order valence-corrected chi connectivity index (χ2v) is 7.70. The average Bonchev–Trinajstić information content (AvgIpc) is 2.24. The van der Waals surface area contributed by atoms with Crippen molar-refractivity contribution in [1.29, 1.82) is 0 Å². The minimum Gasteiger partial charge on any atom is -0.493 e. The van der Waals surface area contributed by atoms with E-state index in [2.05, 4.69) is 5.32 Å². The maximum atomic E-state index is 12.0. The normalized spacial score (nSPS) is 12.1. The van der Waals surface area contributed by atoms with Crippen LogP contribution >= 0.6 is 0 Å². The molecule has 0 bridgehead atoms. The summed E-state index contributed by atoms with van der Waals surface area (Å²) in [6, 6.07) is 3.06. The Kier molecular flexibility index (Phi) is 5.01. The van der Waals surface area contributed by atoms with Gasteiger partial charge in [-0.05, 0) is 30.0 Å². The first-order valence-corrected chi connectivity index (χ1v) is 8.00. The molecule has 3 N–H and O–H groups in total. The lowest BCUT2D eigenvalue weighted by Crippen LogP contribution is -2.21. The zero-order valence-electron chi connectivity index (χ0n) is 13.0. The Morgan fingerprint density at radius 2 is 1.90 bits per heavy atom. The van der Waals surface area contributed by atoms with Crippen LogP contribution < -0.4 is 15.2 Å². The molecule has 0 saturated carbocycles. The van der Waals surface area contributed by atoms with Gasteiger partial charge >= 0.3 is 0 Å². The second-order valence-electron chi connectivity index (χ2n) is 6.17. The first-order valence-electron chi connectivity index (χ1n) is 6.45. The van der Waals surface area contributed by atoms with Gasteiger partial charge in [-0.3, -0.25) is 4.79 Å². The van der Waals surface area contributed by atoms with Crippen LogP contribution in [0.25, 0.3) is 0 Å². The molecule has 1 aromatic carbocycles. The maximum absolute atomic E-state index is 12.0. The first kappa shape index (κ1) is 17.5. The number of amides is 1. The van der Waals surface area contributed by atoms with Gasteiger partial charge in [0.2, 0.25) is 15.9 Å². The SMILES string of the molecule is COc1c(NC(=O)CC(C)(C)C)cc(C)cc1S(N)(=O)=O. The highest BCUT2D eigenvalue weighted by Gasteiger charge is 2.22. The summed E-state index contributed by atoms with van der Waals surface area (Å²) in [6.45, 7) is 7.54. The minimum absolute atomic E-state index is 0.0466. The molecule has 7 heteroatoms. The van der Waals surface area contributed by atoms with E-state index in [4.69, 9.17) is 9.88 Å². The summed E-state index contributed by atoms with van der Waals surface area (Å²) in [7, 11) is -2.61. The van der Waals surface area contributed by atoms with E-state index in [9.17, 15) is 13.2 Å². The molecule has 0 saturated heterocycles. The van der Waals surface area contributed by atoms with Crippen molar-refractivity contribution in [1.82, 2.24) is 0 Å². The lowest BCUT2D eigenvalue weighted by Gasteiger charge is -2.19. The van der Waals surface area contributed by atoms with E-state index in [1.807, 2.05) is 20.8 Å². The monoisotopic (exact) mass is 314 g/mol. The topological polar surface area (TPSA) is 98.5 Å². The third kappa shape index (κ3) is 5.02. The number of sulfonamides is 1. The zero-order valence-corrected chi connectivity index (χ0v) is 13.8. The number of hydrogen-bond acceptors (Lipinski definition) is 4. The number of aryl methyl sites for hydroxylation is 1. The summed E-state index contributed by atoms with van der Waals surface area (Å²) in [4.78, 5) is 11.9. The maximum Gasteiger partial charge on any atom is 0.241 e. The number of nitrogens with one attached hydrogen (secondary N) is 1. The van der Waals surface area contributed by atoms with E-state index in [-0.39, 0.29) is 22.0 Å². The third-order valence-corrected chi connectivity index (χ3v) is 3.59. The fraction of sp³-hybridized carbons (Fsp3) is 0.500. The standard InChI is InChI=1S/C14H22N2O4S/c1-9-6-10(16-12(17)8-14(2,3)4)13(20-5)11(7-9)21(15,18)19/h6-7H,8H2,1-5H3,(H,16,17)(H2,15,18,19). The van der Waals surface area contributed by atoms with Crippen molar-refractivity contribution in [3.8, 4) is 5.75 Å². The van der Waals surface area contributed by atoms with Crippen LogP contribution in [-0.2, 0) is 14.8 Å². The molecule has 118 valence electrons. The summed E-state index contributed by atoms with van der Waals surface area (Å²) in [5, 5.41) is 7.87. The summed E-state index contributed by atoms with van der Waals surface area (Å²) >= 11 is 0. The largest absolute Gasteiger partial charge is 0.493 e. The fourth-order valence-electron chi connectivity index (χ4n) is 1.93. The molecule has 0 unspecified atom stereocenters. The van der Waals surface area contributed by atoms with Crippen molar-refractivity contribution in [2.75, 3.05) is 12.4 Å². The summed E-state index contributed by atoms with van der Waals surface area (Å²) in [5.41, 5.74) is 0.783. The minimum atomic E-state index is -3.94. The number of carbonyl (C=O) groups excluding carboxylic acids is 1. The number of primary sulfonamides is 1. The molecule has 0 spiro atoms. The Morgan fingerprint density at radius 3 is 2.33 bits per heavy atom. The predicted molar refractivity (Wildman–Crippen MR) is 81.8 cm³/mol. The Bertz CT molecular complexity index is 646. The number of benzene rings is 1. The van der Waals surface area contributed by atoms with Gasteiger partial charge in [0.1, 0.15) is 4.90 Å². The van der Waals surface area contributed by atoms with E-state index in [1.54, 1.807) is 13.0 Å². The summed E-state index contributed by atoms with van der Waals surface area (Å²) in [6.07, 6.45) is 0.300. The molecule has 1 amide bonds. The number of anilines is 1. The molecular weight excluding hydrogens is 292 g/mol. The Labute approximate surface area is 125 Å². The molecule has 0 fully saturated rings. The Balaban J connectivity index is 3.25. The number of nitrogens with two attached hydrogens (primary N) is 1. The van der Waals surface area contributed by atoms with Crippen LogP contribution in [0.3, 0.4) is 0 Å². The molecule has 0 aliphatic heterocycles. The average molecular weight is 314 g/mol. The lowest BCUT2D eigenvalue weighted by atomic mass is 9.92. The van der Waals surface area contributed by atoms with Gasteiger partial charge in [-0.15, -0.1) is 0 Å². The van der Waals surface area contributed by atoms with Gasteiger partial charge in [0, 0.05) is 6.42 Å². The van der Waals surface area contributed by atoms with Gasteiger partial charge in [-0.2, -0.15) is 0 Å². The van der Waals surface area contributed by atoms with Gasteiger partial charge < -0.3 is 10.1 Å². The molecule has 0 aliphatic rings. The molecule has 0 aromatic heterocycles. The molecular formula is C14H22N2O4S. The van der Waals surface area contributed by atoms with Crippen molar-refractivity contribution >= 4 is 21.6 Å². The quantitative estimate of drug-likeness (QED) is 0.888. The number of ether oxygens (including phenoxy) is 1.